The van der Waals surface area contributed by atoms with E-state index in [1.165, 1.54) is 6.07 Å². The van der Waals surface area contributed by atoms with E-state index in [9.17, 15) is 26.7 Å². The summed E-state index contributed by atoms with van der Waals surface area (Å²) in [5.74, 6) is -2.83. The highest BCUT2D eigenvalue weighted by molar-refractivity contribution is 9.10. The maximum atomic E-state index is 13.4. The van der Waals surface area contributed by atoms with Crippen molar-refractivity contribution in [1.82, 2.24) is 0 Å². The van der Waals surface area contributed by atoms with E-state index >= 15 is 0 Å². The smallest absolute Gasteiger partial charge is 0.289 e. The number of carbonyl (C=O) groups excluding carboxylic acids is 1. The van der Waals surface area contributed by atoms with Crippen molar-refractivity contribution in [3.05, 3.63) is 69.2 Å². The number of hydrogen-bond donors (Lipinski definition) is 0. The van der Waals surface area contributed by atoms with Crippen LogP contribution >= 0.6 is 15.9 Å². The van der Waals surface area contributed by atoms with E-state index in [1.54, 1.807) is 0 Å². The molecule has 0 amide bonds. The fourth-order valence-corrected chi connectivity index (χ4v) is 2.07. The Hall–Kier alpha value is -1.76. The van der Waals surface area contributed by atoms with Crippen LogP contribution in [-0.2, 0) is 6.18 Å². The summed E-state index contributed by atoms with van der Waals surface area (Å²) in [6.07, 6.45) is -4.83. The first kappa shape index (κ1) is 15.6. The van der Waals surface area contributed by atoms with Gasteiger partial charge in [0.2, 0.25) is 0 Å². The van der Waals surface area contributed by atoms with Crippen molar-refractivity contribution in [3.8, 4) is 0 Å². The second-order valence-corrected chi connectivity index (χ2v) is 5.00. The molecule has 2 rings (SSSR count). The van der Waals surface area contributed by atoms with Gasteiger partial charge in [0.1, 0.15) is 11.6 Å². The summed E-state index contributed by atoms with van der Waals surface area (Å²) in [5, 5.41) is 0. The number of hydrogen-bond acceptors (Lipinski definition) is 1. The second-order valence-electron chi connectivity index (χ2n) is 4.15. The number of benzene rings is 2. The van der Waals surface area contributed by atoms with E-state index in [1.807, 2.05) is 0 Å². The first-order chi connectivity index (χ1) is 9.70. The van der Waals surface area contributed by atoms with Crippen molar-refractivity contribution >= 4 is 21.7 Å². The second kappa shape index (κ2) is 5.55. The number of rotatable bonds is 2. The van der Waals surface area contributed by atoms with Crippen LogP contribution in [0.2, 0.25) is 0 Å². The number of ketones is 1. The lowest BCUT2D eigenvalue weighted by Crippen LogP contribution is -2.10. The van der Waals surface area contributed by atoms with E-state index in [2.05, 4.69) is 15.9 Å². The van der Waals surface area contributed by atoms with Gasteiger partial charge in [-0.3, -0.25) is 4.79 Å². The van der Waals surface area contributed by atoms with Gasteiger partial charge in [-0.15, -0.1) is 0 Å². The maximum absolute atomic E-state index is 13.4. The van der Waals surface area contributed by atoms with E-state index in [0.717, 1.165) is 18.2 Å². The Morgan fingerprint density at radius 2 is 1.48 bits per heavy atom. The third-order valence-electron chi connectivity index (χ3n) is 2.72. The van der Waals surface area contributed by atoms with Crippen molar-refractivity contribution < 1.29 is 26.7 Å². The van der Waals surface area contributed by atoms with Crippen LogP contribution in [0.15, 0.2) is 40.9 Å². The first-order valence-corrected chi connectivity index (χ1v) is 6.36. The zero-order valence-electron chi connectivity index (χ0n) is 10.1. The van der Waals surface area contributed by atoms with Gasteiger partial charge in [-0.1, -0.05) is 6.07 Å². The van der Waals surface area contributed by atoms with E-state index in [-0.39, 0.29) is 15.6 Å². The average Bonchev–Trinajstić information content (AvgIpc) is 2.39. The minimum atomic E-state index is -4.83. The number of halogens is 6. The Balaban J connectivity index is 2.40. The average molecular weight is 365 g/mol. The lowest BCUT2D eigenvalue weighted by molar-refractivity contribution is -0.140. The Morgan fingerprint density at radius 1 is 0.905 bits per heavy atom. The van der Waals surface area contributed by atoms with Gasteiger partial charge in [0.15, 0.2) is 5.78 Å². The van der Waals surface area contributed by atoms with Crippen LogP contribution in [0, 0.1) is 11.6 Å². The minimum Gasteiger partial charge on any atom is -0.289 e. The van der Waals surface area contributed by atoms with Crippen LogP contribution < -0.4 is 0 Å². The molecule has 0 N–H and O–H groups in total. The monoisotopic (exact) mass is 364 g/mol. The molecule has 0 aliphatic rings. The fourth-order valence-electron chi connectivity index (χ4n) is 1.69. The van der Waals surface area contributed by atoms with Crippen LogP contribution in [-0.4, -0.2) is 5.78 Å². The van der Waals surface area contributed by atoms with E-state index in [4.69, 9.17) is 0 Å². The molecule has 0 spiro atoms. The fraction of sp³-hybridized carbons (Fsp3) is 0.0714. The molecular weight excluding hydrogens is 359 g/mol. The molecule has 2 aromatic rings. The van der Waals surface area contributed by atoms with Crippen LogP contribution in [0.5, 0.6) is 0 Å². The standard InChI is InChI=1S/C14H6BrF5O/c15-10-5-7(2-4-11(10)16)13(21)8-1-3-9(12(17)6-8)14(18,19)20/h1-6H. The number of carbonyl (C=O) groups is 1. The molecule has 110 valence electrons. The maximum Gasteiger partial charge on any atom is 0.419 e. The molecule has 0 aliphatic carbocycles. The van der Waals surface area contributed by atoms with E-state index in [0.29, 0.717) is 12.1 Å². The van der Waals surface area contributed by atoms with Gasteiger partial charge < -0.3 is 0 Å². The summed E-state index contributed by atoms with van der Waals surface area (Å²) in [5.41, 5.74) is -1.67. The Kier molecular flexibility index (Phi) is 4.13. The molecule has 0 atom stereocenters. The Labute approximate surface area is 124 Å². The van der Waals surface area contributed by atoms with Crippen LogP contribution in [0.3, 0.4) is 0 Å². The highest BCUT2D eigenvalue weighted by Crippen LogP contribution is 2.32. The third kappa shape index (κ3) is 3.29. The normalized spacial score (nSPS) is 11.5. The molecule has 0 heterocycles. The molecule has 0 unspecified atom stereocenters. The summed E-state index contributed by atoms with van der Waals surface area (Å²) in [6.45, 7) is 0. The molecule has 0 radical (unpaired) electrons. The van der Waals surface area contributed by atoms with Crippen molar-refractivity contribution in [2.45, 2.75) is 6.18 Å². The van der Waals surface area contributed by atoms with Gasteiger partial charge in [-0.05, 0) is 46.3 Å². The molecule has 1 nitrogen and oxygen atoms in total. The molecule has 2 aromatic carbocycles. The molecule has 7 heteroatoms. The van der Waals surface area contributed by atoms with Gasteiger partial charge in [0.05, 0.1) is 10.0 Å². The van der Waals surface area contributed by atoms with Crippen molar-refractivity contribution in [3.63, 3.8) is 0 Å². The summed E-state index contributed by atoms with van der Waals surface area (Å²) in [4.78, 5) is 12.0. The third-order valence-corrected chi connectivity index (χ3v) is 3.33. The summed E-state index contributed by atoms with van der Waals surface area (Å²) in [7, 11) is 0. The van der Waals surface area contributed by atoms with Gasteiger partial charge in [-0.25, -0.2) is 8.78 Å². The molecule has 0 bridgehead atoms. The Bertz CT molecular complexity index is 709. The largest absolute Gasteiger partial charge is 0.419 e. The Morgan fingerprint density at radius 3 is 2.00 bits per heavy atom. The van der Waals surface area contributed by atoms with Gasteiger partial charge >= 0.3 is 6.18 Å². The molecule has 0 saturated heterocycles. The molecule has 0 fully saturated rings. The molecule has 0 aliphatic heterocycles. The zero-order chi connectivity index (χ0) is 15.8. The van der Waals surface area contributed by atoms with Crippen LogP contribution in [0.4, 0.5) is 22.0 Å². The lowest BCUT2D eigenvalue weighted by atomic mass is 10.0. The van der Waals surface area contributed by atoms with Crippen molar-refractivity contribution in [1.29, 1.82) is 0 Å². The molecule has 0 aromatic heterocycles. The van der Waals surface area contributed by atoms with Gasteiger partial charge in [0.25, 0.3) is 0 Å². The lowest BCUT2D eigenvalue weighted by Gasteiger charge is -2.09. The predicted octanol–water partition coefficient (Wildman–Crippen LogP) is 4.98. The highest BCUT2D eigenvalue weighted by Gasteiger charge is 2.34. The SMILES string of the molecule is O=C(c1ccc(C(F)(F)F)c(F)c1)c1ccc(F)c(Br)c1. The molecule has 21 heavy (non-hydrogen) atoms. The summed E-state index contributed by atoms with van der Waals surface area (Å²) < 4.78 is 63.8. The van der Waals surface area contributed by atoms with Crippen LogP contribution in [0.1, 0.15) is 21.5 Å². The van der Waals surface area contributed by atoms with E-state index < -0.39 is 29.2 Å². The highest BCUT2D eigenvalue weighted by atomic mass is 79.9. The molecular formula is C14H6BrF5O. The first-order valence-electron chi connectivity index (χ1n) is 5.56. The van der Waals surface area contributed by atoms with Crippen molar-refractivity contribution in [2.24, 2.45) is 0 Å². The topological polar surface area (TPSA) is 17.1 Å². The zero-order valence-corrected chi connectivity index (χ0v) is 11.7. The predicted molar refractivity (Wildman–Crippen MR) is 68.9 cm³/mol. The van der Waals surface area contributed by atoms with Gasteiger partial charge in [0, 0.05) is 11.1 Å². The minimum absolute atomic E-state index is 0.0285. The number of alkyl halides is 3. The van der Waals surface area contributed by atoms with Crippen molar-refractivity contribution in [2.75, 3.05) is 0 Å². The molecule has 0 saturated carbocycles. The summed E-state index contributed by atoms with van der Waals surface area (Å²) >= 11 is 2.89. The van der Waals surface area contributed by atoms with Crippen LogP contribution in [0.25, 0.3) is 0 Å². The quantitative estimate of drug-likeness (QED) is 0.542. The summed E-state index contributed by atoms with van der Waals surface area (Å²) in [6, 6.07) is 5.26. The van der Waals surface area contributed by atoms with Gasteiger partial charge in [-0.2, -0.15) is 13.2 Å².